The van der Waals surface area contributed by atoms with Crippen molar-refractivity contribution < 1.29 is 27.1 Å². The number of nitrogens with one attached hydrogen (secondary N) is 1. The number of ether oxygens (including phenoxy) is 2. The third kappa shape index (κ3) is 4.92. The second-order valence-electron chi connectivity index (χ2n) is 5.96. The minimum Gasteiger partial charge on any atom is -0.493 e. The number of sulfonamides is 1. The number of hydrogen-bond acceptors (Lipinski definition) is 5. The van der Waals surface area contributed by atoms with Gasteiger partial charge in [-0.3, -0.25) is 9.10 Å². The molecule has 0 fully saturated rings. The first-order valence-electron chi connectivity index (χ1n) is 8.47. The monoisotopic (exact) mass is 410 g/mol. The smallest absolute Gasteiger partial charge is 0.253 e. The average Bonchev–Trinajstić information content (AvgIpc) is 2.66. The predicted molar refractivity (Wildman–Crippen MR) is 105 cm³/mol. The van der Waals surface area contributed by atoms with Crippen molar-refractivity contribution in [3.8, 4) is 11.5 Å². The van der Waals surface area contributed by atoms with Crippen LogP contribution in [0.3, 0.4) is 0 Å². The van der Waals surface area contributed by atoms with Crippen molar-refractivity contribution in [2.75, 3.05) is 31.3 Å². The molecule has 0 aliphatic heterocycles. The molecular formula is C19H23FN2O5S. The van der Waals surface area contributed by atoms with Crippen LogP contribution >= 0.6 is 0 Å². The van der Waals surface area contributed by atoms with Crippen molar-refractivity contribution in [3.05, 3.63) is 53.3 Å². The van der Waals surface area contributed by atoms with Gasteiger partial charge >= 0.3 is 0 Å². The number of carbonyl (C=O) groups is 1. The van der Waals surface area contributed by atoms with Gasteiger partial charge < -0.3 is 14.8 Å². The van der Waals surface area contributed by atoms with E-state index in [0.29, 0.717) is 17.1 Å². The predicted octanol–water partition coefficient (Wildman–Crippen LogP) is 2.56. The largest absolute Gasteiger partial charge is 0.493 e. The molecule has 0 saturated heterocycles. The molecular weight excluding hydrogens is 387 g/mol. The van der Waals surface area contributed by atoms with Crippen molar-refractivity contribution >= 4 is 21.6 Å². The van der Waals surface area contributed by atoms with Crippen molar-refractivity contribution in [2.45, 2.75) is 13.5 Å². The van der Waals surface area contributed by atoms with Crippen LogP contribution in [0.4, 0.5) is 10.1 Å². The van der Waals surface area contributed by atoms with Crippen LogP contribution in [0.1, 0.15) is 22.8 Å². The molecule has 28 heavy (non-hydrogen) atoms. The molecule has 0 unspecified atom stereocenters. The first-order valence-corrected chi connectivity index (χ1v) is 10.3. The van der Waals surface area contributed by atoms with Crippen LogP contribution in [-0.4, -0.2) is 41.3 Å². The van der Waals surface area contributed by atoms with E-state index >= 15 is 0 Å². The van der Waals surface area contributed by atoms with Gasteiger partial charge in [-0.1, -0.05) is 12.1 Å². The Morgan fingerprint density at radius 3 is 2.18 bits per heavy atom. The first kappa shape index (κ1) is 21.5. The number of amides is 1. The lowest BCUT2D eigenvalue weighted by Gasteiger charge is -2.24. The first-order chi connectivity index (χ1) is 13.2. The SMILES string of the molecule is CCN(c1cc(OC)c(OC)cc1C(=O)NCc1ccc(F)cc1)S(C)(=O)=O. The molecule has 0 saturated carbocycles. The quantitative estimate of drug-likeness (QED) is 0.723. The Bertz CT molecular complexity index is 946. The van der Waals surface area contributed by atoms with E-state index in [1.165, 1.54) is 38.5 Å². The van der Waals surface area contributed by atoms with E-state index in [1.54, 1.807) is 19.1 Å². The molecule has 2 aromatic carbocycles. The Morgan fingerprint density at radius 2 is 1.68 bits per heavy atom. The van der Waals surface area contributed by atoms with Gasteiger partial charge in [-0.2, -0.15) is 0 Å². The maximum Gasteiger partial charge on any atom is 0.253 e. The van der Waals surface area contributed by atoms with Crippen LogP contribution in [0.15, 0.2) is 36.4 Å². The summed E-state index contributed by atoms with van der Waals surface area (Å²) in [5, 5.41) is 2.72. The summed E-state index contributed by atoms with van der Waals surface area (Å²) >= 11 is 0. The molecule has 7 nitrogen and oxygen atoms in total. The molecule has 0 aromatic heterocycles. The number of anilines is 1. The highest BCUT2D eigenvalue weighted by Crippen LogP contribution is 2.36. The van der Waals surface area contributed by atoms with E-state index in [-0.39, 0.29) is 30.2 Å². The molecule has 0 radical (unpaired) electrons. The fraction of sp³-hybridized carbons (Fsp3) is 0.316. The maximum atomic E-state index is 13.0. The zero-order chi connectivity index (χ0) is 20.9. The lowest BCUT2D eigenvalue weighted by molar-refractivity contribution is 0.0951. The normalized spacial score (nSPS) is 11.0. The summed E-state index contributed by atoms with van der Waals surface area (Å²) in [5.41, 5.74) is 0.999. The second-order valence-corrected chi connectivity index (χ2v) is 7.87. The van der Waals surface area contributed by atoms with Gasteiger partial charge in [0.05, 0.1) is 31.7 Å². The summed E-state index contributed by atoms with van der Waals surface area (Å²) in [6.45, 7) is 1.95. The average molecular weight is 410 g/mol. The summed E-state index contributed by atoms with van der Waals surface area (Å²) in [5.74, 6) is -0.274. The van der Waals surface area contributed by atoms with Gasteiger partial charge in [0.15, 0.2) is 11.5 Å². The molecule has 152 valence electrons. The highest BCUT2D eigenvalue weighted by atomic mass is 32.2. The Labute approximate surface area is 164 Å². The molecule has 1 amide bonds. The molecule has 0 spiro atoms. The standard InChI is InChI=1S/C19H23FN2O5S/c1-5-22(28(4,24)25)16-11-18(27-3)17(26-2)10-15(16)19(23)21-12-13-6-8-14(20)9-7-13/h6-11H,5,12H2,1-4H3,(H,21,23). The lowest BCUT2D eigenvalue weighted by Crippen LogP contribution is -2.33. The van der Waals surface area contributed by atoms with Crippen LogP contribution in [0, 0.1) is 5.82 Å². The molecule has 0 heterocycles. The van der Waals surface area contributed by atoms with Crippen LogP contribution in [0.2, 0.25) is 0 Å². The molecule has 0 aliphatic rings. The Morgan fingerprint density at radius 1 is 1.11 bits per heavy atom. The zero-order valence-electron chi connectivity index (χ0n) is 16.2. The van der Waals surface area contributed by atoms with Gasteiger partial charge in [-0.25, -0.2) is 12.8 Å². The van der Waals surface area contributed by atoms with Crippen LogP contribution in [-0.2, 0) is 16.6 Å². The number of benzene rings is 2. The molecule has 2 aromatic rings. The summed E-state index contributed by atoms with van der Waals surface area (Å²) in [6.07, 6.45) is 1.06. The van der Waals surface area contributed by atoms with Gasteiger partial charge in [-0.05, 0) is 30.7 Å². The van der Waals surface area contributed by atoms with Crippen molar-refractivity contribution in [1.82, 2.24) is 5.32 Å². The van der Waals surface area contributed by atoms with Crippen LogP contribution < -0.4 is 19.1 Å². The Kier molecular flexibility index (Phi) is 6.85. The van der Waals surface area contributed by atoms with E-state index in [0.717, 1.165) is 10.6 Å². The number of methoxy groups -OCH3 is 2. The molecule has 1 N–H and O–H groups in total. The maximum absolute atomic E-state index is 13.0. The summed E-state index contributed by atoms with van der Waals surface area (Å²) in [6, 6.07) is 8.59. The summed E-state index contributed by atoms with van der Waals surface area (Å²) < 4.78 is 49.0. The highest BCUT2D eigenvalue weighted by molar-refractivity contribution is 7.92. The van der Waals surface area contributed by atoms with Crippen LogP contribution in [0.25, 0.3) is 0 Å². The van der Waals surface area contributed by atoms with Crippen molar-refractivity contribution in [3.63, 3.8) is 0 Å². The summed E-state index contributed by atoms with van der Waals surface area (Å²) in [7, 11) is -0.779. The van der Waals surface area contributed by atoms with E-state index in [4.69, 9.17) is 9.47 Å². The third-order valence-corrected chi connectivity index (χ3v) is 5.32. The van der Waals surface area contributed by atoms with E-state index in [1.807, 2.05) is 0 Å². The van der Waals surface area contributed by atoms with E-state index < -0.39 is 15.9 Å². The van der Waals surface area contributed by atoms with Gasteiger partial charge in [0.2, 0.25) is 10.0 Å². The Hall–Kier alpha value is -2.81. The molecule has 9 heteroatoms. The minimum atomic E-state index is -3.63. The topological polar surface area (TPSA) is 84.9 Å². The van der Waals surface area contributed by atoms with E-state index in [2.05, 4.69) is 5.32 Å². The number of rotatable bonds is 8. The molecule has 0 aliphatic carbocycles. The fourth-order valence-electron chi connectivity index (χ4n) is 2.72. The lowest BCUT2D eigenvalue weighted by atomic mass is 10.1. The fourth-order valence-corrected chi connectivity index (χ4v) is 3.70. The second kappa shape index (κ2) is 8.92. The minimum absolute atomic E-state index is 0.118. The highest BCUT2D eigenvalue weighted by Gasteiger charge is 2.25. The number of nitrogens with zero attached hydrogens (tertiary/aromatic N) is 1. The summed E-state index contributed by atoms with van der Waals surface area (Å²) in [4.78, 5) is 12.8. The number of carbonyl (C=O) groups excluding carboxylic acids is 1. The van der Waals surface area contributed by atoms with Gasteiger partial charge in [0.25, 0.3) is 5.91 Å². The third-order valence-electron chi connectivity index (χ3n) is 4.07. The molecule has 2 rings (SSSR count). The molecule has 0 bridgehead atoms. The number of halogens is 1. The van der Waals surface area contributed by atoms with Gasteiger partial charge in [0.1, 0.15) is 5.82 Å². The van der Waals surface area contributed by atoms with Crippen LogP contribution in [0.5, 0.6) is 11.5 Å². The zero-order valence-corrected chi connectivity index (χ0v) is 17.0. The molecule has 0 atom stereocenters. The van der Waals surface area contributed by atoms with E-state index in [9.17, 15) is 17.6 Å². The van der Waals surface area contributed by atoms with Gasteiger partial charge in [0, 0.05) is 19.2 Å². The Balaban J connectivity index is 2.44. The van der Waals surface area contributed by atoms with Crippen molar-refractivity contribution in [2.24, 2.45) is 0 Å². The van der Waals surface area contributed by atoms with Crippen molar-refractivity contribution in [1.29, 1.82) is 0 Å². The van der Waals surface area contributed by atoms with Gasteiger partial charge in [-0.15, -0.1) is 0 Å². The number of hydrogen-bond donors (Lipinski definition) is 1.